The third-order valence-electron chi connectivity index (χ3n) is 1.23. The van der Waals surface area contributed by atoms with Crippen molar-refractivity contribution in [3.05, 3.63) is 24.3 Å². The van der Waals surface area contributed by atoms with Gasteiger partial charge in [-0.05, 0) is 6.07 Å². The summed E-state index contributed by atoms with van der Waals surface area (Å²) in [4.78, 5) is 7.51. The minimum atomic E-state index is -4.19. The minimum Gasteiger partial charge on any atom is -0.302 e. The van der Waals surface area contributed by atoms with E-state index in [1.54, 1.807) is 6.07 Å². The monoisotopic (exact) mass is 191 g/mol. The molecule has 0 spiro atoms. The fraction of sp³-hybridized carbons (Fsp3) is 0.429. The van der Waals surface area contributed by atoms with E-state index in [4.69, 9.17) is 0 Å². The van der Waals surface area contributed by atoms with Crippen molar-refractivity contribution in [2.45, 2.75) is 12.7 Å². The predicted octanol–water partition coefficient (Wildman–Crippen LogP) is 1.13. The van der Waals surface area contributed by atoms with Crippen molar-refractivity contribution in [1.29, 1.82) is 0 Å². The van der Waals surface area contributed by atoms with Crippen LogP contribution in [0.5, 0.6) is 0 Å². The number of hydrogen-bond acceptors (Lipinski definition) is 3. The van der Waals surface area contributed by atoms with Crippen molar-refractivity contribution < 1.29 is 13.2 Å². The van der Waals surface area contributed by atoms with Gasteiger partial charge in [0.25, 0.3) is 0 Å². The van der Waals surface area contributed by atoms with E-state index in [0.29, 0.717) is 5.82 Å². The van der Waals surface area contributed by atoms with Crippen molar-refractivity contribution in [3.8, 4) is 0 Å². The molecule has 13 heavy (non-hydrogen) atoms. The van der Waals surface area contributed by atoms with E-state index in [0.717, 1.165) is 0 Å². The molecular weight excluding hydrogens is 183 g/mol. The topological polar surface area (TPSA) is 37.8 Å². The molecule has 1 aromatic rings. The molecule has 1 rings (SSSR count). The summed E-state index contributed by atoms with van der Waals surface area (Å²) < 4.78 is 35.0. The number of alkyl halides is 3. The Balaban J connectivity index is 2.29. The van der Waals surface area contributed by atoms with Crippen LogP contribution in [0.15, 0.2) is 18.5 Å². The lowest BCUT2D eigenvalue weighted by Crippen LogP contribution is -2.28. The largest absolute Gasteiger partial charge is 0.401 e. The highest BCUT2D eigenvalue weighted by molar-refractivity contribution is 4.87. The maximum atomic E-state index is 11.7. The van der Waals surface area contributed by atoms with Crippen molar-refractivity contribution in [2.75, 3.05) is 6.54 Å². The van der Waals surface area contributed by atoms with E-state index in [1.807, 2.05) is 0 Å². The van der Waals surface area contributed by atoms with Crippen LogP contribution in [0.2, 0.25) is 0 Å². The molecule has 0 aliphatic rings. The number of halogens is 3. The van der Waals surface area contributed by atoms with Gasteiger partial charge in [-0.25, -0.2) is 9.97 Å². The smallest absolute Gasteiger partial charge is 0.302 e. The van der Waals surface area contributed by atoms with Crippen LogP contribution in [0.25, 0.3) is 0 Å². The Kier molecular flexibility index (Phi) is 3.18. The van der Waals surface area contributed by atoms with Crippen LogP contribution < -0.4 is 5.32 Å². The molecule has 0 aromatic carbocycles. The molecule has 0 bridgehead atoms. The molecule has 0 unspecified atom stereocenters. The number of nitrogens with one attached hydrogen (secondary N) is 1. The normalized spacial score (nSPS) is 11.6. The zero-order chi connectivity index (χ0) is 9.73. The third kappa shape index (κ3) is 4.41. The highest BCUT2D eigenvalue weighted by Gasteiger charge is 2.26. The van der Waals surface area contributed by atoms with Crippen LogP contribution in [-0.2, 0) is 6.54 Å². The molecule has 72 valence electrons. The van der Waals surface area contributed by atoms with Gasteiger partial charge in [-0.2, -0.15) is 13.2 Å². The first kappa shape index (κ1) is 9.91. The minimum absolute atomic E-state index is 0.0281. The van der Waals surface area contributed by atoms with Gasteiger partial charge >= 0.3 is 6.18 Å². The Morgan fingerprint density at radius 3 is 2.38 bits per heavy atom. The SMILES string of the molecule is FC(F)(F)CNCc1ncccn1. The number of nitrogens with zero attached hydrogens (tertiary/aromatic N) is 2. The quantitative estimate of drug-likeness (QED) is 0.778. The summed E-state index contributed by atoms with van der Waals surface area (Å²) >= 11 is 0. The summed E-state index contributed by atoms with van der Waals surface area (Å²) in [5.41, 5.74) is 0. The summed E-state index contributed by atoms with van der Waals surface area (Å²) in [6, 6.07) is 1.60. The standard InChI is InChI=1S/C7H8F3N3/c8-7(9,10)5-11-4-6-12-2-1-3-13-6/h1-3,11H,4-5H2. The average molecular weight is 191 g/mol. The first-order valence-corrected chi connectivity index (χ1v) is 3.61. The van der Waals surface area contributed by atoms with Gasteiger partial charge in [0.1, 0.15) is 5.82 Å². The first-order chi connectivity index (χ1) is 6.08. The molecule has 0 saturated heterocycles. The fourth-order valence-electron chi connectivity index (χ4n) is 0.737. The van der Waals surface area contributed by atoms with Crippen molar-refractivity contribution in [2.24, 2.45) is 0 Å². The van der Waals surface area contributed by atoms with Crippen molar-refractivity contribution in [3.63, 3.8) is 0 Å². The second-order valence-corrected chi connectivity index (χ2v) is 2.38. The number of hydrogen-bond donors (Lipinski definition) is 1. The van der Waals surface area contributed by atoms with E-state index < -0.39 is 12.7 Å². The van der Waals surface area contributed by atoms with Gasteiger partial charge in [0.2, 0.25) is 0 Å². The Bertz CT molecular complexity index is 247. The van der Waals surface area contributed by atoms with Gasteiger partial charge in [-0.1, -0.05) is 0 Å². The molecule has 1 aromatic heterocycles. The first-order valence-electron chi connectivity index (χ1n) is 3.61. The molecule has 3 nitrogen and oxygen atoms in total. The summed E-state index contributed by atoms with van der Waals surface area (Å²) in [7, 11) is 0. The van der Waals surface area contributed by atoms with Gasteiger partial charge < -0.3 is 5.32 Å². The maximum absolute atomic E-state index is 11.7. The van der Waals surface area contributed by atoms with Gasteiger partial charge in [0.05, 0.1) is 13.1 Å². The second-order valence-electron chi connectivity index (χ2n) is 2.38. The van der Waals surface area contributed by atoms with Gasteiger partial charge in [0, 0.05) is 12.4 Å². The molecule has 0 atom stereocenters. The molecule has 0 amide bonds. The predicted molar refractivity (Wildman–Crippen MR) is 39.8 cm³/mol. The lowest BCUT2D eigenvalue weighted by Gasteiger charge is -2.06. The van der Waals surface area contributed by atoms with Crippen molar-refractivity contribution >= 4 is 0 Å². The summed E-state index contributed by atoms with van der Waals surface area (Å²) in [5.74, 6) is 0.353. The Morgan fingerprint density at radius 2 is 1.85 bits per heavy atom. The van der Waals surface area contributed by atoms with E-state index in [1.165, 1.54) is 12.4 Å². The van der Waals surface area contributed by atoms with Gasteiger partial charge in [0.15, 0.2) is 0 Å². The maximum Gasteiger partial charge on any atom is 0.401 e. The van der Waals surface area contributed by atoms with E-state index in [9.17, 15) is 13.2 Å². The zero-order valence-electron chi connectivity index (χ0n) is 6.67. The summed E-state index contributed by atoms with van der Waals surface area (Å²) in [5, 5.41) is 2.19. The third-order valence-corrected chi connectivity index (χ3v) is 1.23. The van der Waals surface area contributed by atoms with Crippen LogP contribution in [0.3, 0.4) is 0 Å². The molecule has 0 aliphatic heterocycles. The second kappa shape index (κ2) is 4.18. The summed E-state index contributed by atoms with van der Waals surface area (Å²) in [6.07, 6.45) is -1.22. The number of aromatic nitrogens is 2. The van der Waals surface area contributed by atoms with Gasteiger partial charge in [-0.3, -0.25) is 0 Å². The Labute approximate surface area is 73.0 Å². The molecule has 0 saturated carbocycles. The highest BCUT2D eigenvalue weighted by Crippen LogP contribution is 2.12. The molecule has 1 heterocycles. The van der Waals surface area contributed by atoms with Crippen LogP contribution in [0, 0.1) is 0 Å². The van der Waals surface area contributed by atoms with Crippen LogP contribution in [0.1, 0.15) is 5.82 Å². The molecule has 6 heteroatoms. The Morgan fingerprint density at radius 1 is 1.23 bits per heavy atom. The molecule has 0 aliphatic carbocycles. The summed E-state index contributed by atoms with van der Waals surface area (Å²) in [6.45, 7) is -0.994. The lowest BCUT2D eigenvalue weighted by molar-refractivity contribution is -0.125. The van der Waals surface area contributed by atoms with E-state index in [-0.39, 0.29) is 6.54 Å². The van der Waals surface area contributed by atoms with E-state index in [2.05, 4.69) is 15.3 Å². The molecule has 0 fully saturated rings. The molecule has 0 radical (unpaired) electrons. The number of rotatable bonds is 3. The Hall–Kier alpha value is -1.17. The highest BCUT2D eigenvalue weighted by atomic mass is 19.4. The molecule has 1 N–H and O–H groups in total. The molecular formula is C7H8F3N3. The van der Waals surface area contributed by atoms with Crippen LogP contribution in [-0.4, -0.2) is 22.7 Å². The van der Waals surface area contributed by atoms with Gasteiger partial charge in [-0.15, -0.1) is 0 Å². The lowest BCUT2D eigenvalue weighted by atomic mass is 10.5. The van der Waals surface area contributed by atoms with Crippen LogP contribution in [0.4, 0.5) is 13.2 Å². The van der Waals surface area contributed by atoms with Crippen molar-refractivity contribution in [1.82, 2.24) is 15.3 Å². The van der Waals surface area contributed by atoms with Crippen LogP contribution >= 0.6 is 0 Å². The van der Waals surface area contributed by atoms with E-state index >= 15 is 0 Å². The fourth-order valence-corrected chi connectivity index (χ4v) is 0.737. The zero-order valence-corrected chi connectivity index (χ0v) is 6.67. The average Bonchev–Trinajstić information content (AvgIpc) is 2.04.